The first-order valence-corrected chi connectivity index (χ1v) is 11.7. The van der Waals surface area contributed by atoms with Gasteiger partial charge in [0.2, 0.25) is 0 Å². The number of pyridine rings is 1. The standard InChI is InChI=1S/C27H24ClN5O2/c1-17-4-9-24(30-14-17)32-15-23(20-7-5-19(13-29)6-8-20)27(16-32)25(34)33(26(35)31(27)3)22-11-18(2)10-21(28)12-22/h4-12,14,23H,15-16H2,1-3H3/t23?,27-/m1/s1. The largest absolute Gasteiger partial charge is 0.353 e. The van der Waals surface area contributed by atoms with Crippen molar-refractivity contribution in [2.45, 2.75) is 25.3 Å². The summed E-state index contributed by atoms with van der Waals surface area (Å²) < 4.78 is 0. The van der Waals surface area contributed by atoms with Crippen molar-refractivity contribution in [3.05, 3.63) is 88.1 Å². The summed E-state index contributed by atoms with van der Waals surface area (Å²) in [5.74, 6) is 0.123. The maximum Gasteiger partial charge on any atom is 0.332 e. The second-order valence-corrected chi connectivity index (χ2v) is 9.69. The van der Waals surface area contributed by atoms with Crippen molar-refractivity contribution in [1.29, 1.82) is 5.26 Å². The number of anilines is 2. The van der Waals surface area contributed by atoms with Gasteiger partial charge in [-0.25, -0.2) is 14.7 Å². The number of nitrogens with zero attached hydrogens (tertiary/aromatic N) is 5. The quantitative estimate of drug-likeness (QED) is 0.504. The predicted molar refractivity (Wildman–Crippen MR) is 135 cm³/mol. The Morgan fingerprint density at radius 3 is 2.43 bits per heavy atom. The summed E-state index contributed by atoms with van der Waals surface area (Å²) in [5.41, 5.74) is 2.63. The molecule has 0 N–H and O–H groups in total. The van der Waals surface area contributed by atoms with Crippen LogP contribution in [0.3, 0.4) is 0 Å². The second kappa shape index (κ2) is 8.40. The van der Waals surface area contributed by atoms with Crippen molar-refractivity contribution in [2.24, 2.45) is 0 Å². The third-order valence-corrected chi connectivity index (χ3v) is 7.23. The summed E-state index contributed by atoms with van der Waals surface area (Å²) in [5, 5.41) is 9.71. The van der Waals surface area contributed by atoms with E-state index >= 15 is 0 Å². The van der Waals surface area contributed by atoms with E-state index in [2.05, 4.69) is 16.0 Å². The molecule has 2 atom stereocenters. The lowest BCUT2D eigenvalue weighted by Crippen LogP contribution is -2.53. The highest BCUT2D eigenvalue weighted by Gasteiger charge is 2.64. The molecule has 5 rings (SSSR count). The van der Waals surface area contributed by atoms with Crippen molar-refractivity contribution in [1.82, 2.24) is 9.88 Å². The summed E-state index contributed by atoms with van der Waals surface area (Å²) in [6.07, 6.45) is 1.80. The highest BCUT2D eigenvalue weighted by atomic mass is 35.5. The number of likely N-dealkylation sites (N-methyl/N-ethyl adjacent to an activating group) is 1. The average Bonchev–Trinajstić information content (AvgIpc) is 3.32. The van der Waals surface area contributed by atoms with E-state index in [0.717, 1.165) is 22.5 Å². The van der Waals surface area contributed by atoms with Crippen LogP contribution in [-0.2, 0) is 4.79 Å². The van der Waals surface area contributed by atoms with E-state index in [-0.39, 0.29) is 11.8 Å². The van der Waals surface area contributed by atoms with E-state index in [1.807, 2.05) is 38.1 Å². The number of halogens is 1. The first kappa shape index (κ1) is 22.9. The molecule has 176 valence electrons. The number of carbonyl (C=O) groups excluding carboxylic acids is 2. The molecular formula is C27H24ClN5O2. The van der Waals surface area contributed by atoms with Gasteiger partial charge in [-0.15, -0.1) is 0 Å². The van der Waals surface area contributed by atoms with Gasteiger partial charge in [-0.1, -0.05) is 29.8 Å². The number of hydrogen-bond acceptors (Lipinski definition) is 5. The zero-order chi connectivity index (χ0) is 24.9. The molecule has 0 saturated carbocycles. The molecule has 0 bridgehead atoms. The van der Waals surface area contributed by atoms with Gasteiger partial charge in [-0.05, 0) is 66.9 Å². The highest BCUT2D eigenvalue weighted by Crippen LogP contribution is 2.47. The number of aromatic nitrogens is 1. The number of imide groups is 1. The van der Waals surface area contributed by atoms with Crippen LogP contribution in [0.1, 0.15) is 28.2 Å². The molecule has 1 aromatic heterocycles. The fourth-order valence-corrected chi connectivity index (χ4v) is 5.49. The molecule has 2 aromatic carbocycles. The fourth-order valence-electron chi connectivity index (χ4n) is 5.20. The Hall–Kier alpha value is -3.89. The van der Waals surface area contributed by atoms with Crippen LogP contribution in [0.25, 0.3) is 0 Å². The number of aryl methyl sites for hydroxylation is 2. The molecule has 3 aromatic rings. The molecule has 3 heterocycles. The number of rotatable bonds is 3. The lowest BCUT2D eigenvalue weighted by Gasteiger charge is -2.33. The van der Waals surface area contributed by atoms with Crippen LogP contribution in [0, 0.1) is 25.2 Å². The molecule has 1 unspecified atom stereocenters. The Morgan fingerprint density at radius 2 is 1.80 bits per heavy atom. The molecule has 2 fully saturated rings. The number of urea groups is 1. The van der Waals surface area contributed by atoms with Gasteiger partial charge in [0, 0.05) is 30.7 Å². The maximum atomic E-state index is 14.2. The van der Waals surface area contributed by atoms with Gasteiger partial charge in [-0.3, -0.25) is 4.79 Å². The zero-order valence-electron chi connectivity index (χ0n) is 19.7. The minimum absolute atomic E-state index is 0.296. The van der Waals surface area contributed by atoms with Crippen LogP contribution in [0.4, 0.5) is 16.3 Å². The molecule has 1 spiro atoms. The number of benzene rings is 2. The van der Waals surface area contributed by atoms with Gasteiger partial charge in [0.15, 0.2) is 0 Å². The molecule has 35 heavy (non-hydrogen) atoms. The second-order valence-electron chi connectivity index (χ2n) is 9.25. The monoisotopic (exact) mass is 485 g/mol. The van der Waals surface area contributed by atoms with Crippen molar-refractivity contribution in [3.8, 4) is 6.07 Å². The van der Waals surface area contributed by atoms with Crippen molar-refractivity contribution >= 4 is 35.0 Å². The third-order valence-electron chi connectivity index (χ3n) is 7.01. The third kappa shape index (κ3) is 3.62. The Balaban J connectivity index is 1.63. The van der Waals surface area contributed by atoms with E-state index in [9.17, 15) is 14.9 Å². The first-order valence-electron chi connectivity index (χ1n) is 11.3. The van der Waals surface area contributed by atoms with Crippen LogP contribution in [0.15, 0.2) is 60.8 Å². The smallest absolute Gasteiger partial charge is 0.332 e. The van der Waals surface area contributed by atoms with Gasteiger partial charge >= 0.3 is 6.03 Å². The van der Waals surface area contributed by atoms with Crippen LogP contribution >= 0.6 is 11.6 Å². The Bertz CT molecular complexity index is 1350. The molecule has 3 amide bonds. The van der Waals surface area contributed by atoms with Crippen LogP contribution in [-0.4, -0.2) is 47.5 Å². The SMILES string of the molecule is Cc1ccc(N2CC(c3ccc(C#N)cc3)[C@]3(C2)C(=O)N(c2cc(C)cc(Cl)c2)C(=O)N3C)nc1. The van der Waals surface area contributed by atoms with Crippen molar-refractivity contribution in [2.75, 3.05) is 29.9 Å². The molecule has 2 aliphatic heterocycles. The summed E-state index contributed by atoms with van der Waals surface area (Å²) >= 11 is 6.27. The normalized spacial score (nSPS) is 21.8. The van der Waals surface area contributed by atoms with Gasteiger partial charge in [0.25, 0.3) is 5.91 Å². The summed E-state index contributed by atoms with van der Waals surface area (Å²) in [7, 11) is 1.68. The molecule has 0 aliphatic carbocycles. The zero-order valence-corrected chi connectivity index (χ0v) is 20.5. The van der Waals surface area contributed by atoms with Crippen molar-refractivity contribution < 1.29 is 9.59 Å². The minimum atomic E-state index is -1.14. The van der Waals surface area contributed by atoms with E-state index in [0.29, 0.717) is 29.4 Å². The van der Waals surface area contributed by atoms with Gasteiger partial charge in [0.05, 0.1) is 23.9 Å². The van der Waals surface area contributed by atoms with E-state index < -0.39 is 11.6 Å². The highest BCUT2D eigenvalue weighted by molar-refractivity contribution is 6.31. The Kier molecular flexibility index (Phi) is 5.49. The molecule has 2 aliphatic rings. The number of nitriles is 1. The molecule has 7 nitrogen and oxygen atoms in total. The van der Waals surface area contributed by atoms with Gasteiger partial charge in [-0.2, -0.15) is 5.26 Å². The topological polar surface area (TPSA) is 80.5 Å². The summed E-state index contributed by atoms with van der Waals surface area (Å²) in [6.45, 7) is 4.64. The summed E-state index contributed by atoms with van der Waals surface area (Å²) in [4.78, 5) is 37.2. The lowest BCUT2D eigenvalue weighted by atomic mass is 9.80. The van der Waals surface area contributed by atoms with Gasteiger partial charge in [0.1, 0.15) is 11.4 Å². The molecule has 2 saturated heterocycles. The van der Waals surface area contributed by atoms with E-state index in [1.165, 1.54) is 4.90 Å². The number of hydrogen-bond donors (Lipinski definition) is 0. The number of amides is 3. The van der Waals surface area contributed by atoms with Gasteiger partial charge < -0.3 is 9.80 Å². The molecule has 8 heteroatoms. The van der Waals surface area contributed by atoms with E-state index in [4.69, 9.17) is 11.6 Å². The molecular weight excluding hydrogens is 462 g/mol. The fraction of sp³-hybridized carbons (Fsp3) is 0.259. The first-order chi connectivity index (χ1) is 16.7. The summed E-state index contributed by atoms with van der Waals surface area (Å²) in [6, 6.07) is 18.1. The van der Waals surface area contributed by atoms with Crippen molar-refractivity contribution in [3.63, 3.8) is 0 Å². The minimum Gasteiger partial charge on any atom is -0.353 e. The Labute approximate surface area is 209 Å². The average molecular weight is 486 g/mol. The Morgan fingerprint density at radius 1 is 1.06 bits per heavy atom. The number of carbonyl (C=O) groups is 2. The predicted octanol–water partition coefficient (Wildman–Crippen LogP) is 4.66. The lowest BCUT2D eigenvalue weighted by molar-refractivity contribution is -0.124. The van der Waals surface area contributed by atoms with Crippen LogP contribution < -0.4 is 9.80 Å². The van der Waals surface area contributed by atoms with Crippen LogP contribution in [0.2, 0.25) is 5.02 Å². The molecule has 0 radical (unpaired) electrons. The maximum absolute atomic E-state index is 14.2. The van der Waals surface area contributed by atoms with E-state index in [1.54, 1.807) is 48.5 Å². The van der Waals surface area contributed by atoms with Crippen LogP contribution in [0.5, 0.6) is 0 Å².